The number of carbonyl (C=O) groups is 1. The summed E-state index contributed by atoms with van der Waals surface area (Å²) in [5, 5.41) is 0. The van der Waals surface area contributed by atoms with Gasteiger partial charge in [-0.15, -0.1) is 0 Å². The fourth-order valence-electron chi connectivity index (χ4n) is 7.35. The van der Waals surface area contributed by atoms with Crippen molar-refractivity contribution in [3.05, 3.63) is 59.7 Å². The van der Waals surface area contributed by atoms with Gasteiger partial charge in [0, 0.05) is 19.3 Å². The fraction of sp³-hybridized carbons (Fsp3) is 0.629. The molecule has 0 bridgehead atoms. The van der Waals surface area contributed by atoms with E-state index in [2.05, 4.69) is 13.8 Å². The third kappa shape index (κ3) is 6.92. The molecule has 240 valence electrons. The maximum Gasteiger partial charge on any atom is 0.306 e. The standard InChI is InChI=1S/C35H46O9/c1-34-22-35(2)32(18-29-28(43-35)6-5-7-33(36)41-29)42-31(34)17-16-27(40-20-24-10-14-26(38-4)15-11-24)30(44-34)21-39-19-23-8-12-25(37-3)13-9-23/h8-15,27-32H,5-7,16-22H2,1-4H3/t27-,28-,29+,30+,31+,32-,34-,35+/m1/s1. The quantitative estimate of drug-likeness (QED) is 0.339. The molecule has 8 atom stereocenters. The van der Waals surface area contributed by atoms with Crippen molar-refractivity contribution in [3.63, 3.8) is 0 Å². The van der Waals surface area contributed by atoms with Crippen LogP contribution in [-0.4, -0.2) is 74.6 Å². The minimum Gasteiger partial charge on any atom is -0.497 e. The number of methoxy groups -OCH3 is 2. The van der Waals surface area contributed by atoms with Gasteiger partial charge in [-0.25, -0.2) is 0 Å². The van der Waals surface area contributed by atoms with Gasteiger partial charge in [0.2, 0.25) is 0 Å². The number of rotatable bonds is 9. The minimum atomic E-state index is -0.605. The highest BCUT2D eigenvalue weighted by molar-refractivity contribution is 5.69. The average molecular weight is 611 g/mol. The summed E-state index contributed by atoms with van der Waals surface area (Å²) in [6.07, 6.45) is 3.66. The van der Waals surface area contributed by atoms with E-state index in [-0.39, 0.29) is 42.6 Å². The van der Waals surface area contributed by atoms with Crippen LogP contribution >= 0.6 is 0 Å². The summed E-state index contributed by atoms with van der Waals surface area (Å²) in [7, 11) is 3.32. The Morgan fingerprint density at radius 2 is 1.45 bits per heavy atom. The lowest BCUT2D eigenvalue weighted by atomic mass is 9.74. The second kappa shape index (κ2) is 13.3. The third-order valence-electron chi connectivity index (χ3n) is 9.71. The fourth-order valence-corrected chi connectivity index (χ4v) is 7.35. The van der Waals surface area contributed by atoms with Crippen LogP contribution in [0, 0.1) is 0 Å². The molecule has 0 unspecified atom stereocenters. The highest BCUT2D eigenvalue weighted by Gasteiger charge is 2.59. The first-order chi connectivity index (χ1) is 21.3. The second-order valence-electron chi connectivity index (χ2n) is 13.0. The van der Waals surface area contributed by atoms with Gasteiger partial charge in [0.15, 0.2) is 0 Å². The molecule has 9 heteroatoms. The van der Waals surface area contributed by atoms with E-state index in [1.165, 1.54) is 0 Å². The van der Waals surface area contributed by atoms with Crippen LogP contribution in [0.4, 0.5) is 0 Å². The lowest BCUT2D eigenvalue weighted by Gasteiger charge is -2.56. The van der Waals surface area contributed by atoms with Gasteiger partial charge in [-0.1, -0.05) is 24.3 Å². The van der Waals surface area contributed by atoms with Crippen LogP contribution in [0.5, 0.6) is 11.5 Å². The van der Waals surface area contributed by atoms with Gasteiger partial charge in [-0.2, -0.15) is 0 Å². The molecule has 0 aliphatic carbocycles. The molecule has 4 aliphatic heterocycles. The van der Waals surface area contributed by atoms with Gasteiger partial charge >= 0.3 is 5.97 Å². The number of hydrogen-bond donors (Lipinski definition) is 0. The number of carbonyl (C=O) groups excluding carboxylic acids is 1. The predicted molar refractivity (Wildman–Crippen MR) is 162 cm³/mol. The number of hydrogen-bond acceptors (Lipinski definition) is 9. The first kappa shape index (κ1) is 31.3. The van der Waals surface area contributed by atoms with Crippen molar-refractivity contribution < 1.29 is 42.7 Å². The molecule has 4 aliphatic rings. The van der Waals surface area contributed by atoms with Crippen molar-refractivity contribution >= 4 is 5.97 Å². The summed E-state index contributed by atoms with van der Waals surface area (Å²) in [6.45, 7) is 5.56. The van der Waals surface area contributed by atoms with Crippen LogP contribution in [-0.2, 0) is 46.4 Å². The zero-order valence-electron chi connectivity index (χ0n) is 26.3. The molecule has 4 fully saturated rings. The largest absolute Gasteiger partial charge is 0.497 e. The molecule has 0 N–H and O–H groups in total. The summed E-state index contributed by atoms with van der Waals surface area (Å²) in [6, 6.07) is 15.8. The highest BCUT2D eigenvalue weighted by Crippen LogP contribution is 2.49. The molecule has 6 rings (SSSR count). The summed E-state index contributed by atoms with van der Waals surface area (Å²) in [5.74, 6) is 1.49. The first-order valence-electron chi connectivity index (χ1n) is 15.9. The van der Waals surface area contributed by atoms with E-state index in [1.807, 2.05) is 48.5 Å². The smallest absolute Gasteiger partial charge is 0.306 e. The Morgan fingerprint density at radius 1 is 0.795 bits per heavy atom. The van der Waals surface area contributed by atoms with Crippen molar-refractivity contribution in [2.24, 2.45) is 0 Å². The van der Waals surface area contributed by atoms with Crippen molar-refractivity contribution in [1.29, 1.82) is 0 Å². The third-order valence-corrected chi connectivity index (χ3v) is 9.71. The topological polar surface area (TPSA) is 90.9 Å². The maximum absolute atomic E-state index is 12.2. The monoisotopic (exact) mass is 610 g/mol. The first-order valence-corrected chi connectivity index (χ1v) is 15.9. The lowest BCUT2D eigenvalue weighted by Crippen LogP contribution is -2.66. The molecule has 0 amide bonds. The Bertz CT molecular complexity index is 1250. The Balaban J connectivity index is 1.18. The Morgan fingerprint density at radius 3 is 2.14 bits per heavy atom. The van der Waals surface area contributed by atoms with E-state index in [0.29, 0.717) is 39.1 Å². The van der Waals surface area contributed by atoms with E-state index >= 15 is 0 Å². The molecule has 4 saturated heterocycles. The summed E-state index contributed by atoms with van der Waals surface area (Å²) in [5.41, 5.74) is 0.963. The number of benzene rings is 2. The van der Waals surface area contributed by atoms with Crippen LogP contribution in [0.15, 0.2) is 48.5 Å². The lowest BCUT2D eigenvalue weighted by molar-refractivity contribution is -0.319. The van der Waals surface area contributed by atoms with Crippen molar-refractivity contribution in [2.45, 2.75) is 120 Å². The van der Waals surface area contributed by atoms with Gasteiger partial charge < -0.3 is 37.9 Å². The minimum absolute atomic E-state index is 0.124. The van der Waals surface area contributed by atoms with E-state index < -0.39 is 11.2 Å². The summed E-state index contributed by atoms with van der Waals surface area (Å²) in [4.78, 5) is 12.2. The van der Waals surface area contributed by atoms with E-state index in [4.69, 9.17) is 37.9 Å². The molecular weight excluding hydrogens is 564 g/mol. The Labute approximate surface area is 260 Å². The molecular formula is C35H46O9. The number of fused-ring (bicyclic) bond motifs is 3. The van der Waals surface area contributed by atoms with Gasteiger partial charge in [0.05, 0.1) is 69.7 Å². The summed E-state index contributed by atoms with van der Waals surface area (Å²) >= 11 is 0. The predicted octanol–water partition coefficient (Wildman–Crippen LogP) is 5.54. The van der Waals surface area contributed by atoms with Crippen LogP contribution in [0.25, 0.3) is 0 Å². The Hall–Kier alpha value is -2.69. The van der Waals surface area contributed by atoms with Crippen LogP contribution in [0.2, 0.25) is 0 Å². The molecule has 0 aromatic heterocycles. The van der Waals surface area contributed by atoms with Crippen LogP contribution < -0.4 is 9.47 Å². The van der Waals surface area contributed by atoms with Crippen molar-refractivity contribution in [1.82, 2.24) is 0 Å². The van der Waals surface area contributed by atoms with Gasteiger partial charge in [-0.05, 0) is 74.9 Å². The summed E-state index contributed by atoms with van der Waals surface area (Å²) < 4.78 is 49.8. The Kier molecular flexibility index (Phi) is 9.50. The molecule has 2 aromatic rings. The zero-order chi connectivity index (χ0) is 30.7. The molecule has 0 spiro atoms. The molecule has 9 nitrogen and oxygen atoms in total. The van der Waals surface area contributed by atoms with Crippen LogP contribution in [0.1, 0.15) is 69.9 Å². The van der Waals surface area contributed by atoms with Gasteiger partial charge in [-0.3, -0.25) is 4.79 Å². The van der Waals surface area contributed by atoms with E-state index in [0.717, 1.165) is 48.3 Å². The SMILES string of the molecule is COc1ccc(COC[C@@H]2O[C@]3(C)C[C@]4(C)O[C@@H]5CCCC(=O)O[C@H]5C[C@H]4O[C@H]3CC[C@H]2OCc2ccc(OC)cc2)cc1. The van der Waals surface area contributed by atoms with E-state index in [9.17, 15) is 4.79 Å². The molecule has 0 radical (unpaired) electrons. The molecule has 2 aromatic carbocycles. The molecule has 4 heterocycles. The maximum atomic E-state index is 12.2. The van der Waals surface area contributed by atoms with Crippen LogP contribution in [0.3, 0.4) is 0 Å². The number of ether oxygens (including phenoxy) is 8. The van der Waals surface area contributed by atoms with Gasteiger partial charge in [0.1, 0.15) is 23.7 Å². The second-order valence-corrected chi connectivity index (χ2v) is 13.0. The zero-order valence-corrected chi connectivity index (χ0v) is 26.3. The average Bonchev–Trinajstić information content (AvgIpc) is 3.27. The molecule has 44 heavy (non-hydrogen) atoms. The van der Waals surface area contributed by atoms with Gasteiger partial charge in [0.25, 0.3) is 0 Å². The molecule has 0 saturated carbocycles. The van der Waals surface area contributed by atoms with Crippen molar-refractivity contribution in [2.75, 3.05) is 20.8 Å². The highest BCUT2D eigenvalue weighted by atomic mass is 16.6. The number of esters is 1. The van der Waals surface area contributed by atoms with E-state index in [1.54, 1.807) is 14.2 Å². The van der Waals surface area contributed by atoms with Crippen molar-refractivity contribution in [3.8, 4) is 11.5 Å². The normalized spacial score (nSPS) is 35.2.